The Balaban J connectivity index is 2.06. The Morgan fingerprint density at radius 3 is 2.71 bits per heavy atom. The summed E-state index contributed by atoms with van der Waals surface area (Å²) in [6.07, 6.45) is 3.06. The van der Waals surface area contributed by atoms with Gasteiger partial charge < -0.3 is 5.32 Å². The lowest BCUT2D eigenvalue weighted by Gasteiger charge is -2.18. The van der Waals surface area contributed by atoms with Gasteiger partial charge >= 0.3 is 0 Å². The molecule has 3 rings (SSSR count). The fraction of sp³-hybridized carbons (Fsp3) is 0.278. The van der Waals surface area contributed by atoms with E-state index in [0.717, 1.165) is 24.2 Å². The van der Waals surface area contributed by atoms with E-state index >= 15 is 0 Å². The third-order valence-electron chi connectivity index (χ3n) is 3.81. The molecule has 108 valence electrons. The Morgan fingerprint density at radius 2 is 1.86 bits per heavy atom. The quantitative estimate of drug-likeness (QED) is 0.762. The average molecular weight is 279 g/mol. The second-order valence-electron chi connectivity index (χ2n) is 5.35. The number of rotatable bonds is 5. The lowest BCUT2D eigenvalue weighted by atomic mass is 10.1. The number of nitrogens with zero attached hydrogens (tertiary/aromatic N) is 2. The molecule has 0 aliphatic carbocycles. The molecule has 0 fully saturated rings. The Bertz CT molecular complexity index is 730. The smallest absolute Gasteiger partial charge is 0.0741 e. The van der Waals surface area contributed by atoms with Crippen LogP contribution in [0.5, 0.6) is 0 Å². The maximum atomic E-state index is 4.58. The molecule has 0 amide bonds. The average Bonchev–Trinajstić information content (AvgIpc) is 2.96. The van der Waals surface area contributed by atoms with Crippen molar-refractivity contribution in [1.82, 2.24) is 15.1 Å². The zero-order valence-corrected chi connectivity index (χ0v) is 12.6. The first-order chi connectivity index (χ1) is 10.3. The molecule has 0 spiro atoms. The van der Waals surface area contributed by atoms with Crippen molar-refractivity contribution < 1.29 is 0 Å². The molecule has 1 N–H and O–H groups in total. The molecule has 0 saturated carbocycles. The summed E-state index contributed by atoms with van der Waals surface area (Å²) in [6.45, 7) is 5.42. The molecule has 1 atom stereocenters. The standard InChI is InChI=1S/C18H21N3/c1-3-12-19-14(2)16-9-5-7-11-18(16)21-17-10-6-4-8-15(17)13-20-21/h4-11,13-14,19H,3,12H2,1-2H3. The SMILES string of the molecule is CCCNC(C)c1ccccc1-n1ncc2ccccc21. The Hall–Kier alpha value is -2.13. The summed E-state index contributed by atoms with van der Waals surface area (Å²) in [5.41, 5.74) is 3.57. The molecule has 3 aromatic rings. The van der Waals surface area contributed by atoms with Gasteiger partial charge in [-0.1, -0.05) is 43.3 Å². The first kappa shape index (κ1) is 13.8. The van der Waals surface area contributed by atoms with Crippen molar-refractivity contribution in [3.8, 4) is 5.69 Å². The topological polar surface area (TPSA) is 29.9 Å². The highest BCUT2D eigenvalue weighted by Crippen LogP contribution is 2.24. The van der Waals surface area contributed by atoms with Crippen LogP contribution in [0.4, 0.5) is 0 Å². The molecule has 1 unspecified atom stereocenters. The first-order valence-corrected chi connectivity index (χ1v) is 7.56. The molecule has 0 bridgehead atoms. The van der Waals surface area contributed by atoms with Gasteiger partial charge in [0.25, 0.3) is 0 Å². The highest BCUT2D eigenvalue weighted by atomic mass is 15.3. The molecule has 0 radical (unpaired) electrons. The van der Waals surface area contributed by atoms with Crippen molar-refractivity contribution >= 4 is 10.9 Å². The van der Waals surface area contributed by atoms with E-state index in [9.17, 15) is 0 Å². The molecule has 2 aromatic carbocycles. The second-order valence-corrected chi connectivity index (χ2v) is 5.35. The van der Waals surface area contributed by atoms with Crippen LogP contribution < -0.4 is 5.32 Å². The van der Waals surface area contributed by atoms with E-state index in [4.69, 9.17) is 0 Å². The largest absolute Gasteiger partial charge is 0.310 e. The monoisotopic (exact) mass is 279 g/mol. The zero-order valence-electron chi connectivity index (χ0n) is 12.6. The van der Waals surface area contributed by atoms with Crippen LogP contribution in [0.1, 0.15) is 31.9 Å². The minimum Gasteiger partial charge on any atom is -0.310 e. The van der Waals surface area contributed by atoms with Crippen LogP contribution in [0.2, 0.25) is 0 Å². The van der Waals surface area contributed by atoms with Gasteiger partial charge in [-0.2, -0.15) is 5.10 Å². The van der Waals surface area contributed by atoms with Crippen LogP contribution in [-0.4, -0.2) is 16.3 Å². The van der Waals surface area contributed by atoms with Gasteiger partial charge in [0.1, 0.15) is 0 Å². The van der Waals surface area contributed by atoms with Crippen molar-refractivity contribution in [2.24, 2.45) is 0 Å². The lowest BCUT2D eigenvalue weighted by molar-refractivity contribution is 0.567. The van der Waals surface area contributed by atoms with E-state index in [1.807, 2.05) is 16.9 Å². The Labute approximate surface area is 125 Å². The summed E-state index contributed by atoms with van der Waals surface area (Å²) >= 11 is 0. The fourth-order valence-electron chi connectivity index (χ4n) is 2.68. The van der Waals surface area contributed by atoms with Crippen molar-refractivity contribution in [3.63, 3.8) is 0 Å². The lowest BCUT2D eigenvalue weighted by Crippen LogP contribution is -2.20. The molecule has 1 aromatic heterocycles. The van der Waals surface area contributed by atoms with E-state index < -0.39 is 0 Å². The van der Waals surface area contributed by atoms with Gasteiger partial charge in [-0.25, -0.2) is 4.68 Å². The Morgan fingerprint density at radius 1 is 1.10 bits per heavy atom. The maximum absolute atomic E-state index is 4.58. The molecule has 0 saturated heterocycles. The summed E-state index contributed by atoms with van der Waals surface area (Å²) in [5, 5.41) is 9.30. The van der Waals surface area contributed by atoms with Crippen LogP contribution in [0, 0.1) is 0 Å². The summed E-state index contributed by atoms with van der Waals surface area (Å²) in [4.78, 5) is 0. The Kier molecular flexibility index (Phi) is 4.02. The van der Waals surface area contributed by atoms with E-state index in [1.165, 1.54) is 10.9 Å². The molecule has 1 heterocycles. The summed E-state index contributed by atoms with van der Waals surface area (Å²) in [5.74, 6) is 0. The van der Waals surface area contributed by atoms with Gasteiger partial charge in [-0.15, -0.1) is 0 Å². The van der Waals surface area contributed by atoms with Gasteiger partial charge in [0.2, 0.25) is 0 Å². The number of fused-ring (bicyclic) bond motifs is 1. The molecule has 3 heteroatoms. The van der Waals surface area contributed by atoms with Crippen molar-refractivity contribution in [2.45, 2.75) is 26.3 Å². The first-order valence-electron chi connectivity index (χ1n) is 7.56. The van der Waals surface area contributed by atoms with Crippen molar-refractivity contribution in [3.05, 3.63) is 60.3 Å². The summed E-state index contributed by atoms with van der Waals surface area (Å²) in [6, 6.07) is 17.1. The van der Waals surface area contributed by atoms with Gasteiger partial charge in [-0.05, 0) is 37.6 Å². The minimum absolute atomic E-state index is 0.309. The van der Waals surface area contributed by atoms with E-state index in [0.29, 0.717) is 6.04 Å². The van der Waals surface area contributed by atoms with Crippen LogP contribution in [-0.2, 0) is 0 Å². The highest BCUT2D eigenvalue weighted by Gasteiger charge is 2.13. The summed E-state index contributed by atoms with van der Waals surface area (Å²) < 4.78 is 2.04. The van der Waals surface area contributed by atoms with Gasteiger partial charge in [0.05, 0.1) is 17.4 Å². The van der Waals surface area contributed by atoms with Gasteiger partial charge in [-0.3, -0.25) is 0 Å². The molecule has 3 nitrogen and oxygen atoms in total. The second kappa shape index (κ2) is 6.10. The van der Waals surface area contributed by atoms with Gasteiger partial charge in [0, 0.05) is 11.4 Å². The van der Waals surface area contributed by atoms with E-state index in [1.54, 1.807) is 0 Å². The molecule has 0 aliphatic rings. The molecule has 0 aliphatic heterocycles. The fourth-order valence-corrected chi connectivity index (χ4v) is 2.68. The number of nitrogens with one attached hydrogen (secondary N) is 1. The predicted octanol–water partition coefficient (Wildman–Crippen LogP) is 4.09. The highest BCUT2D eigenvalue weighted by molar-refractivity contribution is 5.80. The zero-order chi connectivity index (χ0) is 14.7. The van der Waals surface area contributed by atoms with Crippen LogP contribution in [0.25, 0.3) is 16.6 Å². The number of benzene rings is 2. The summed E-state index contributed by atoms with van der Waals surface area (Å²) in [7, 11) is 0. The van der Waals surface area contributed by atoms with Gasteiger partial charge in [0.15, 0.2) is 0 Å². The predicted molar refractivity (Wildman–Crippen MR) is 87.8 cm³/mol. The van der Waals surface area contributed by atoms with Crippen molar-refractivity contribution in [1.29, 1.82) is 0 Å². The molecular formula is C18H21N3. The normalized spacial score (nSPS) is 12.7. The number of para-hydroxylation sites is 2. The number of aromatic nitrogens is 2. The van der Waals surface area contributed by atoms with Crippen LogP contribution in [0.3, 0.4) is 0 Å². The van der Waals surface area contributed by atoms with Crippen molar-refractivity contribution in [2.75, 3.05) is 6.54 Å². The third kappa shape index (κ3) is 2.69. The number of hydrogen-bond acceptors (Lipinski definition) is 2. The molecular weight excluding hydrogens is 258 g/mol. The van der Waals surface area contributed by atoms with Crippen LogP contribution >= 0.6 is 0 Å². The minimum atomic E-state index is 0.309. The molecule has 21 heavy (non-hydrogen) atoms. The third-order valence-corrected chi connectivity index (χ3v) is 3.81. The van der Waals surface area contributed by atoms with E-state index in [-0.39, 0.29) is 0 Å². The maximum Gasteiger partial charge on any atom is 0.0741 e. The van der Waals surface area contributed by atoms with Crippen LogP contribution in [0.15, 0.2) is 54.7 Å². The number of hydrogen-bond donors (Lipinski definition) is 1. The van der Waals surface area contributed by atoms with E-state index in [2.05, 4.69) is 66.7 Å².